The molecule has 4 aromatic heterocycles. The fourth-order valence-electron chi connectivity index (χ4n) is 3.70. The van der Waals surface area contributed by atoms with Crippen molar-refractivity contribution in [1.82, 2.24) is 0 Å². The molecule has 0 saturated heterocycles. The van der Waals surface area contributed by atoms with Crippen molar-refractivity contribution < 1.29 is 9.59 Å². The summed E-state index contributed by atoms with van der Waals surface area (Å²) in [6.07, 6.45) is 8.67. The van der Waals surface area contributed by atoms with E-state index in [2.05, 4.69) is 38.1 Å². The summed E-state index contributed by atoms with van der Waals surface area (Å²) in [5.41, 5.74) is 2.80. The van der Waals surface area contributed by atoms with Gasteiger partial charge in [0.1, 0.15) is 0 Å². The van der Waals surface area contributed by atoms with Gasteiger partial charge in [0.15, 0.2) is 12.6 Å². The van der Waals surface area contributed by atoms with Crippen LogP contribution in [0.1, 0.15) is 70.0 Å². The number of aldehydes is 2. The van der Waals surface area contributed by atoms with E-state index in [9.17, 15) is 9.59 Å². The highest BCUT2D eigenvalue weighted by Crippen LogP contribution is 2.47. The van der Waals surface area contributed by atoms with Crippen LogP contribution in [0.5, 0.6) is 0 Å². The van der Waals surface area contributed by atoms with E-state index < -0.39 is 0 Å². The molecule has 32 heavy (non-hydrogen) atoms. The van der Waals surface area contributed by atoms with Crippen molar-refractivity contribution in [3.63, 3.8) is 0 Å². The standard InChI is InChI=1S/C26H26O2S4/c1-3-5-7-17-13-23(21-11-9-19(15-27)29-21)31-26(17)24-14-18(8-6-4-2)25(32-24)22-12-10-20(16-28)30-22/h9-16H,3-8H2,1-2H3. The fourth-order valence-corrected chi connectivity index (χ4v) is 8.13. The molecule has 4 aromatic rings. The van der Waals surface area contributed by atoms with Gasteiger partial charge in [-0.3, -0.25) is 9.59 Å². The summed E-state index contributed by atoms with van der Waals surface area (Å²) in [5.74, 6) is 0. The van der Waals surface area contributed by atoms with Gasteiger partial charge in [-0.1, -0.05) is 26.7 Å². The van der Waals surface area contributed by atoms with E-state index in [1.165, 1.54) is 48.4 Å². The summed E-state index contributed by atoms with van der Waals surface area (Å²) < 4.78 is 0. The Morgan fingerprint density at radius 1 is 0.625 bits per heavy atom. The lowest BCUT2D eigenvalue weighted by Crippen LogP contribution is -1.84. The highest BCUT2D eigenvalue weighted by molar-refractivity contribution is 7.29. The van der Waals surface area contributed by atoms with Gasteiger partial charge in [-0.15, -0.1) is 45.3 Å². The predicted octanol–water partition coefficient (Wildman–Crippen LogP) is 9.24. The van der Waals surface area contributed by atoms with Gasteiger partial charge in [-0.2, -0.15) is 0 Å². The zero-order valence-corrected chi connectivity index (χ0v) is 21.6. The van der Waals surface area contributed by atoms with Crippen LogP contribution in [0.25, 0.3) is 29.3 Å². The van der Waals surface area contributed by atoms with Gasteiger partial charge in [0.05, 0.1) is 9.75 Å². The van der Waals surface area contributed by atoms with E-state index in [1.807, 2.05) is 34.8 Å². The second-order valence-electron chi connectivity index (χ2n) is 7.78. The monoisotopic (exact) mass is 498 g/mol. The van der Waals surface area contributed by atoms with Gasteiger partial charge < -0.3 is 0 Å². The molecule has 4 heterocycles. The van der Waals surface area contributed by atoms with E-state index in [1.54, 1.807) is 22.7 Å². The summed E-state index contributed by atoms with van der Waals surface area (Å²) in [4.78, 5) is 31.5. The minimum atomic E-state index is 0.772. The normalized spacial score (nSPS) is 11.2. The van der Waals surface area contributed by atoms with Gasteiger partial charge in [-0.05, 0) is 73.2 Å². The number of rotatable bonds is 11. The molecular formula is C26H26O2S4. The van der Waals surface area contributed by atoms with E-state index >= 15 is 0 Å². The molecule has 0 unspecified atom stereocenters. The lowest BCUT2D eigenvalue weighted by atomic mass is 10.1. The van der Waals surface area contributed by atoms with Crippen molar-refractivity contribution in [2.75, 3.05) is 0 Å². The van der Waals surface area contributed by atoms with E-state index in [0.29, 0.717) is 0 Å². The van der Waals surface area contributed by atoms with Crippen LogP contribution in [0, 0.1) is 0 Å². The van der Waals surface area contributed by atoms with Crippen molar-refractivity contribution in [1.29, 1.82) is 0 Å². The maximum Gasteiger partial charge on any atom is 0.160 e. The fraction of sp³-hybridized carbons (Fsp3) is 0.308. The van der Waals surface area contributed by atoms with Gasteiger partial charge in [0, 0.05) is 29.3 Å². The molecule has 2 nitrogen and oxygen atoms in total. The average molecular weight is 499 g/mol. The Kier molecular flexibility index (Phi) is 7.89. The molecule has 0 saturated carbocycles. The molecule has 0 radical (unpaired) electrons. The number of unbranched alkanes of at least 4 members (excludes halogenated alkanes) is 2. The van der Waals surface area contributed by atoms with Crippen molar-refractivity contribution in [2.45, 2.75) is 52.4 Å². The number of carbonyl (C=O) groups is 2. The Labute approximate surface area is 205 Å². The highest BCUT2D eigenvalue weighted by Gasteiger charge is 2.19. The van der Waals surface area contributed by atoms with Gasteiger partial charge in [0.25, 0.3) is 0 Å². The van der Waals surface area contributed by atoms with Crippen molar-refractivity contribution >= 4 is 57.9 Å². The summed E-state index contributed by atoms with van der Waals surface area (Å²) in [7, 11) is 0. The van der Waals surface area contributed by atoms with E-state index in [0.717, 1.165) is 52.9 Å². The predicted molar refractivity (Wildman–Crippen MR) is 142 cm³/mol. The smallest absolute Gasteiger partial charge is 0.160 e. The number of aryl methyl sites for hydroxylation is 2. The van der Waals surface area contributed by atoms with Gasteiger partial charge in [-0.25, -0.2) is 0 Å². The third kappa shape index (κ3) is 5.04. The quantitative estimate of drug-likeness (QED) is 0.193. The maximum absolute atomic E-state index is 11.2. The SMILES string of the molecule is CCCCc1cc(-c2ccc(C=O)s2)sc1-c1cc(CCCC)c(-c2ccc(C=O)s2)s1. The number of carbonyl (C=O) groups excluding carboxylic acids is 2. The molecule has 0 aliphatic rings. The molecule has 0 bridgehead atoms. The second-order valence-corrected chi connectivity index (χ2v) is 12.1. The van der Waals surface area contributed by atoms with Crippen LogP contribution < -0.4 is 0 Å². The van der Waals surface area contributed by atoms with Crippen LogP contribution >= 0.6 is 45.3 Å². The Bertz CT molecular complexity index is 1200. The lowest BCUT2D eigenvalue weighted by Gasteiger charge is -2.00. The van der Waals surface area contributed by atoms with Crippen LogP contribution in [0.2, 0.25) is 0 Å². The summed E-state index contributed by atoms with van der Waals surface area (Å²) in [6.45, 7) is 4.46. The minimum Gasteiger partial charge on any atom is -0.297 e. The zero-order valence-electron chi connectivity index (χ0n) is 18.3. The van der Waals surface area contributed by atoms with Crippen LogP contribution in [-0.2, 0) is 12.8 Å². The third-order valence-electron chi connectivity index (χ3n) is 5.39. The lowest BCUT2D eigenvalue weighted by molar-refractivity contribution is 0.111. The van der Waals surface area contributed by atoms with Crippen LogP contribution in [-0.4, -0.2) is 12.6 Å². The molecule has 0 fully saturated rings. The van der Waals surface area contributed by atoms with Gasteiger partial charge >= 0.3 is 0 Å². The minimum absolute atomic E-state index is 0.772. The second kappa shape index (κ2) is 10.8. The largest absolute Gasteiger partial charge is 0.297 e. The van der Waals surface area contributed by atoms with Crippen LogP contribution in [0.4, 0.5) is 0 Å². The summed E-state index contributed by atoms with van der Waals surface area (Å²) in [5, 5.41) is 0. The zero-order chi connectivity index (χ0) is 22.5. The molecule has 4 rings (SSSR count). The molecule has 0 atom stereocenters. The van der Waals surface area contributed by atoms with E-state index in [4.69, 9.17) is 0 Å². The Hall–Kier alpha value is -1.86. The number of hydrogen-bond donors (Lipinski definition) is 0. The highest BCUT2D eigenvalue weighted by atomic mass is 32.1. The summed E-state index contributed by atoms with van der Waals surface area (Å²) in [6, 6.07) is 12.7. The molecule has 166 valence electrons. The molecule has 0 amide bonds. The van der Waals surface area contributed by atoms with Crippen LogP contribution in [0.15, 0.2) is 36.4 Å². The van der Waals surface area contributed by atoms with E-state index in [-0.39, 0.29) is 0 Å². The first-order chi connectivity index (χ1) is 15.7. The Balaban J connectivity index is 1.78. The first-order valence-corrected chi connectivity index (χ1v) is 14.3. The number of hydrogen-bond acceptors (Lipinski definition) is 6. The molecule has 0 aliphatic heterocycles. The molecule has 0 spiro atoms. The molecular weight excluding hydrogens is 473 g/mol. The Morgan fingerprint density at radius 3 is 1.69 bits per heavy atom. The summed E-state index contributed by atoms with van der Waals surface area (Å²) >= 11 is 6.85. The topological polar surface area (TPSA) is 34.1 Å². The first kappa shape index (κ1) is 23.3. The molecule has 6 heteroatoms. The molecule has 0 aromatic carbocycles. The third-order valence-corrected chi connectivity index (χ3v) is 10.3. The first-order valence-electron chi connectivity index (χ1n) is 11.0. The van der Waals surface area contributed by atoms with Crippen molar-refractivity contribution in [3.8, 4) is 29.3 Å². The van der Waals surface area contributed by atoms with Crippen molar-refractivity contribution in [3.05, 3.63) is 57.3 Å². The maximum atomic E-state index is 11.2. The average Bonchev–Trinajstić information content (AvgIpc) is 3.59. The molecule has 0 N–H and O–H groups in total. The van der Waals surface area contributed by atoms with Gasteiger partial charge in [0.2, 0.25) is 0 Å². The number of thiophene rings is 4. The molecule has 0 aliphatic carbocycles. The van der Waals surface area contributed by atoms with Crippen LogP contribution in [0.3, 0.4) is 0 Å². The Morgan fingerprint density at radius 2 is 1.12 bits per heavy atom. The van der Waals surface area contributed by atoms with Crippen molar-refractivity contribution in [2.24, 2.45) is 0 Å².